The summed E-state index contributed by atoms with van der Waals surface area (Å²) >= 11 is 1.85. The molecule has 1 fully saturated rings. The second-order valence-electron chi connectivity index (χ2n) is 5.39. The minimum Gasteiger partial charge on any atom is -0.392 e. The lowest BCUT2D eigenvalue weighted by molar-refractivity contribution is 0.141. The van der Waals surface area contributed by atoms with Crippen LogP contribution in [0.25, 0.3) is 0 Å². The molecule has 1 aromatic carbocycles. The standard InChI is InChI=1S/C17H24OS/c1-2-9-16(18)17(14-10-5-3-6-11-14)19-15-12-7-4-8-13-15/h2,4,7-8,12-14,16-18H,1,3,5-6,9-11H2/t16-,17-/m1/s1. The van der Waals surface area contributed by atoms with Crippen molar-refractivity contribution in [2.24, 2.45) is 5.92 Å². The van der Waals surface area contributed by atoms with E-state index in [4.69, 9.17) is 0 Å². The molecule has 2 atom stereocenters. The van der Waals surface area contributed by atoms with E-state index in [1.165, 1.54) is 37.0 Å². The Bertz CT molecular complexity index is 370. The second kappa shape index (κ2) is 7.76. The van der Waals surface area contributed by atoms with E-state index in [1.54, 1.807) is 0 Å². The molecular weight excluding hydrogens is 252 g/mol. The van der Waals surface area contributed by atoms with E-state index in [9.17, 15) is 5.11 Å². The van der Waals surface area contributed by atoms with Crippen molar-refractivity contribution in [3.05, 3.63) is 43.0 Å². The molecule has 0 aliphatic heterocycles. The van der Waals surface area contributed by atoms with Gasteiger partial charge in [-0.15, -0.1) is 18.3 Å². The van der Waals surface area contributed by atoms with Crippen LogP contribution in [0.2, 0.25) is 0 Å². The molecule has 1 saturated carbocycles. The molecule has 2 rings (SSSR count). The smallest absolute Gasteiger partial charge is 0.0699 e. The van der Waals surface area contributed by atoms with Crippen molar-refractivity contribution in [1.82, 2.24) is 0 Å². The van der Waals surface area contributed by atoms with E-state index in [0.29, 0.717) is 17.6 Å². The van der Waals surface area contributed by atoms with Gasteiger partial charge in [-0.1, -0.05) is 43.5 Å². The Balaban J connectivity index is 2.06. The molecule has 1 nitrogen and oxygen atoms in total. The molecule has 0 amide bonds. The highest BCUT2D eigenvalue weighted by molar-refractivity contribution is 8.00. The van der Waals surface area contributed by atoms with Gasteiger partial charge in [0.05, 0.1) is 6.10 Å². The third-order valence-electron chi connectivity index (χ3n) is 3.92. The van der Waals surface area contributed by atoms with Crippen molar-refractivity contribution in [2.75, 3.05) is 0 Å². The third kappa shape index (κ3) is 4.39. The fourth-order valence-electron chi connectivity index (χ4n) is 2.91. The minimum absolute atomic E-state index is 0.272. The monoisotopic (exact) mass is 276 g/mol. The van der Waals surface area contributed by atoms with E-state index < -0.39 is 0 Å². The number of benzene rings is 1. The summed E-state index contributed by atoms with van der Waals surface area (Å²) in [4.78, 5) is 1.26. The molecule has 0 saturated heterocycles. The predicted molar refractivity (Wildman–Crippen MR) is 83.5 cm³/mol. The molecule has 1 aliphatic carbocycles. The van der Waals surface area contributed by atoms with Crippen LogP contribution in [0.1, 0.15) is 38.5 Å². The van der Waals surface area contributed by atoms with Gasteiger partial charge in [0.1, 0.15) is 0 Å². The zero-order valence-electron chi connectivity index (χ0n) is 11.5. The highest BCUT2D eigenvalue weighted by atomic mass is 32.2. The molecule has 0 unspecified atom stereocenters. The summed E-state index contributed by atoms with van der Waals surface area (Å²) in [5.41, 5.74) is 0. The summed E-state index contributed by atoms with van der Waals surface area (Å²) < 4.78 is 0. The summed E-state index contributed by atoms with van der Waals surface area (Å²) in [6.45, 7) is 3.77. The molecule has 0 aromatic heterocycles. The first-order chi connectivity index (χ1) is 9.31. The van der Waals surface area contributed by atoms with Crippen molar-refractivity contribution >= 4 is 11.8 Å². The zero-order chi connectivity index (χ0) is 13.5. The zero-order valence-corrected chi connectivity index (χ0v) is 12.3. The van der Waals surface area contributed by atoms with E-state index >= 15 is 0 Å². The number of thioether (sulfide) groups is 1. The summed E-state index contributed by atoms with van der Waals surface area (Å²) in [7, 11) is 0. The van der Waals surface area contributed by atoms with Gasteiger partial charge in [-0.25, -0.2) is 0 Å². The molecule has 1 aliphatic rings. The Hall–Kier alpha value is -0.730. The van der Waals surface area contributed by atoms with Crippen LogP contribution in [0, 0.1) is 5.92 Å². The summed E-state index contributed by atoms with van der Waals surface area (Å²) in [5, 5.41) is 10.7. The van der Waals surface area contributed by atoms with Crippen LogP contribution in [0.4, 0.5) is 0 Å². The van der Waals surface area contributed by atoms with Crippen molar-refractivity contribution in [3.63, 3.8) is 0 Å². The SMILES string of the molecule is C=CC[C@@H](O)[C@H](Sc1ccccc1)C1CCCCC1. The van der Waals surface area contributed by atoms with Gasteiger partial charge in [0, 0.05) is 10.1 Å². The van der Waals surface area contributed by atoms with Crippen molar-refractivity contribution in [3.8, 4) is 0 Å². The molecule has 2 heteroatoms. The number of aliphatic hydroxyl groups excluding tert-OH is 1. The van der Waals surface area contributed by atoms with Crippen LogP contribution in [-0.2, 0) is 0 Å². The average molecular weight is 276 g/mol. The molecule has 0 heterocycles. The van der Waals surface area contributed by atoms with Gasteiger partial charge < -0.3 is 5.11 Å². The molecular formula is C17H24OS. The molecule has 1 N–H and O–H groups in total. The molecule has 19 heavy (non-hydrogen) atoms. The quantitative estimate of drug-likeness (QED) is 0.602. The van der Waals surface area contributed by atoms with Gasteiger partial charge in [0.25, 0.3) is 0 Å². The lowest BCUT2D eigenvalue weighted by Gasteiger charge is -2.32. The average Bonchev–Trinajstić information content (AvgIpc) is 2.47. The highest BCUT2D eigenvalue weighted by Crippen LogP contribution is 2.38. The van der Waals surface area contributed by atoms with E-state index in [-0.39, 0.29) is 6.10 Å². The lowest BCUT2D eigenvalue weighted by atomic mass is 9.84. The van der Waals surface area contributed by atoms with Crippen LogP contribution in [0.15, 0.2) is 47.9 Å². The van der Waals surface area contributed by atoms with Crippen molar-refractivity contribution in [1.29, 1.82) is 0 Å². The molecule has 104 valence electrons. The van der Waals surface area contributed by atoms with Crippen LogP contribution < -0.4 is 0 Å². The fraction of sp³-hybridized carbons (Fsp3) is 0.529. The molecule has 0 bridgehead atoms. The highest BCUT2D eigenvalue weighted by Gasteiger charge is 2.29. The van der Waals surface area contributed by atoms with Crippen molar-refractivity contribution in [2.45, 2.75) is 54.8 Å². The van der Waals surface area contributed by atoms with Crippen LogP contribution >= 0.6 is 11.8 Å². The summed E-state index contributed by atoms with van der Waals surface area (Å²) in [6.07, 6.45) is 8.78. The maximum atomic E-state index is 10.4. The Morgan fingerprint density at radius 2 is 1.89 bits per heavy atom. The van der Waals surface area contributed by atoms with Gasteiger partial charge in [0.15, 0.2) is 0 Å². The predicted octanol–water partition coefficient (Wildman–Crippen LogP) is 4.66. The Kier molecular flexibility index (Phi) is 5.99. The van der Waals surface area contributed by atoms with Gasteiger partial charge in [-0.2, -0.15) is 0 Å². The normalized spacial score (nSPS) is 19.8. The Morgan fingerprint density at radius 3 is 2.53 bits per heavy atom. The van der Waals surface area contributed by atoms with E-state index in [2.05, 4.69) is 30.8 Å². The number of rotatable bonds is 6. The first-order valence-corrected chi connectivity index (χ1v) is 8.20. The van der Waals surface area contributed by atoms with Gasteiger partial charge in [-0.3, -0.25) is 0 Å². The maximum Gasteiger partial charge on any atom is 0.0699 e. The summed E-state index contributed by atoms with van der Waals surface area (Å²) in [6, 6.07) is 10.5. The second-order valence-corrected chi connectivity index (χ2v) is 6.64. The van der Waals surface area contributed by atoms with Crippen molar-refractivity contribution < 1.29 is 5.11 Å². The van der Waals surface area contributed by atoms with Gasteiger partial charge in [-0.05, 0) is 37.3 Å². The fourth-order valence-corrected chi connectivity index (χ4v) is 4.27. The van der Waals surface area contributed by atoms with E-state index in [1.807, 2.05) is 23.9 Å². The Labute approximate surface area is 121 Å². The first-order valence-electron chi connectivity index (χ1n) is 7.32. The molecule has 1 aromatic rings. The van der Waals surface area contributed by atoms with E-state index in [0.717, 1.165) is 0 Å². The molecule has 0 spiro atoms. The number of aliphatic hydroxyl groups is 1. The Morgan fingerprint density at radius 1 is 1.21 bits per heavy atom. The lowest BCUT2D eigenvalue weighted by Crippen LogP contribution is -2.31. The largest absolute Gasteiger partial charge is 0.392 e. The maximum absolute atomic E-state index is 10.4. The first kappa shape index (κ1) is 14.7. The molecule has 0 radical (unpaired) electrons. The topological polar surface area (TPSA) is 20.2 Å². The number of hydrogen-bond acceptors (Lipinski definition) is 2. The third-order valence-corrected chi connectivity index (χ3v) is 5.43. The number of hydrogen-bond donors (Lipinski definition) is 1. The minimum atomic E-state index is -0.272. The van der Waals surface area contributed by atoms with Crippen LogP contribution in [-0.4, -0.2) is 16.5 Å². The summed E-state index contributed by atoms with van der Waals surface area (Å²) in [5.74, 6) is 0.647. The van der Waals surface area contributed by atoms with Gasteiger partial charge in [0.2, 0.25) is 0 Å². The van der Waals surface area contributed by atoms with Crippen LogP contribution in [0.3, 0.4) is 0 Å². The van der Waals surface area contributed by atoms with Gasteiger partial charge >= 0.3 is 0 Å². The van der Waals surface area contributed by atoms with Crippen LogP contribution in [0.5, 0.6) is 0 Å².